The molecule has 0 saturated carbocycles. The molecule has 0 aliphatic heterocycles. The average molecular weight is 142 g/mol. The molecule has 1 unspecified atom stereocenters. The summed E-state index contributed by atoms with van der Waals surface area (Å²) in [6.07, 6.45) is 3.14. The molecule has 2 heteroatoms. The van der Waals surface area contributed by atoms with E-state index in [1.54, 1.807) is 13.8 Å². The Morgan fingerprint density at radius 1 is 1.70 bits per heavy atom. The third kappa shape index (κ3) is 1.27. The first-order valence-electron chi connectivity index (χ1n) is 3.29. The summed E-state index contributed by atoms with van der Waals surface area (Å²) in [5, 5.41) is 9.48. The van der Waals surface area contributed by atoms with Crippen LogP contribution in [0.4, 0.5) is 4.39 Å². The van der Waals surface area contributed by atoms with E-state index in [1.165, 1.54) is 12.2 Å². The van der Waals surface area contributed by atoms with Crippen LogP contribution in [0.25, 0.3) is 0 Å². The molecule has 0 radical (unpaired) electrons. The monoisotopic (exact) mass is 142 g/mol. The minimum Gasteiger partial charge on any atom is -0.385 e. The minimum absolute atomic E-state index is 0.246. The molecule has 10 heavy (non-hydrogen) atoms. The minimum atomic E-state index is -0.838. The molecule has 0 heterocycles. The van der Waals surface area contributed by atoms with Gasteiger partial charge in [0.2, 0.25) is 0 Å². The first kappa shape index (κ1) is 7.48. The fourth-order valence-electron chi connectivity index (χ4n) is 0.878. The molecular formula is C8H11FO. The van der Waals surface area contributed by atoms with E-state index in [-0.39, 0.29) is 5.83 Å². The van der Waals surface area contributed by atoms with Gasteiger partial charge in [-0.05, 0) is 31.6 Å². The molecule has 1 aliphatic carbocycles. The number of hydrogen-bond donors (Lipinski definition) is 1. The van der Waals surface area contributed by atoms with Crippen LogP contribution in [0.5, 0.6) is 0 Å². The molecule has 0 spiro atoms. The van der Waals surface area contributed by atoms with Gasteiger partial charge in [0.25, 0.3) is 0 Å². The largest absolute Gasteiger partial charge is 0.385 e. The van der Waals surface area contributed by atoms with E-state index in [0.717, 1.165) is 0 Å². The van der Waals surface area contributed by atoms with Gasteiger partial charge in [-0.3, -0.25) is 0 Å². The lowest BCUT2D eigenvalue weighted by atomic mass is 9.89. The maximum atomic E-state index is 12.5. The highest BCUT2D eigenvalue weighted by Gasteiger charge is 2.24. The van der Waals surface area contributed by atoms with Crippen LogP contribution in [0.1, 0.15) is 20.3 Å². The summed E-state index contributed by atoms with van der Waals surface area (Å²) in [5.41, 5.74) is -0.150. The smallest absolute Gasteiger partial charge is 0.119 e. The molecule has 1 aliphatic rings. The lowest BCUT2D eigenvalue weighted by molar-refractivity contribution is 0.0992. The normalized spacial score (nSPS) is 33.2. The van der Waals surface area contributed by atoms with Gasteiger partial charge in [0.1, 0.15) is 5.83 Å². The van der Waals surface area contributed by atoms with Gasteiger partial charge in [0.05, 0.1) is 5.60 Å². The van der Waals surface area contributed by atoms with Crippen molar-refractivity contribution in [1.29, 1.82) is 0 Å². The Morgan fingerprint density at radius 2 is 2.30 bits per heavy atom. The van der Waals surface area contributed by atoms with E-state index in [4.69, 9.17) is 0 Å². The summed E-state index contributed by atoms with van der Waals surface area (Å²) in [5.74, 6) is -0.246. The fourth-order valence-corrected chi connectivity index (χ4v) is 0.878. The maximum absolute atomic E-state index is 12.5. The SMILES string of the molecule is CC1=CC(F)=CCC1(C)O. The van der Waals surface area contributed by atoms with Crippen molar-refractivity contribution in [2.24, 2.45) is 0 Å². The van der Waals surface area contributed by atoms with Gasteiger partial charge in [-0.25, -0.2) is 4.39 Å². The number of aliphatic hydroxyl groups is 1. The molecule has 1 rings (SSSR count). The second-order valence-corrected chi connectivity index (χ2v) is 2.89. The molecule has 0 fully saturated rings. The standard InChI is InChI=1S/C8H11FO/c1-6-5-7(9)3-4-8(6,2)10/h3,5,10H,4H2,1-2H3. The van der Waals surface area contributed by atoms with Crippen LogP contribution in [0.3, 0.4) is 0 Å². The highest BCUT2D eigenvalue weighted by atomic mass is 19.1. The molecule has 0 saturated heterocycles. The van der Waals surface area contributed by atoms with E-state index in [0.29, 0.717) is 12.0 Å². The van der Waals surface area contributed by atoms with Crippen LogP contribution < -0.4 is 0 Å². The van der Waals surface area contributed by atoms with E-state index in [9.17, 15) is 9.50 Å². The van der Waals surface area contributed by atoms with Crippen LogP contribution in [0.15, 0.2) is 23.6 Å². The van der Waals surface area contributed by atoms with E-state index in [1.807, 2.05) is 0 Å². The van der Waals surface area contributed by atoms with Gasteiger partial charge in [-0.2, -0.15) is 0 Å². The molecule has 0 aromatic heterocycles. The second-order valence-electron chi connectivity index (χ2n) is 2.89. The summed E-state index contributed by atoms with van der Waals surface area (Å²) in [6.45, 7) is 3.41. The van der Waals surface area contributed by atoms with Crippen LogP contribution in [0, 0.1) is 0 Å². The van der Waals surface area contributed by atoms with Crippen LogP contribution in [-0.4, -0.2) is 10.7 Å². The summed E-state index contributed by atoms with van der Waals surface area (Å²) in [7, 11) is 0. The molecular weight excluding hydrogens is 131 g/mol. The topological polar surface area (TPSA) is 20.2 Å². The Morgan fingerprint density at radius 3 is 2.70 bits per heavy atom. The Balaban J connectivity index is 2.88. The van der Waals surface area contributed by atoms with Crippen LogP contribution in [-0.2, 0) is 0 Å². The van der Waals surface area contributed by atoms with Crippen LogP contribution >= 0.6 is 0 Å². The van der Waals surface area contributed by atoms with Gasteiger partial charge in [0, 0.05) is 6.42 Å². The first-order valence-corrected chi connectivity index (χ1v) is 3.29. The van der Waals surface area contributed by atoms with Crippen molar-refractivity contribution in [3.63, 3.8) is 0 Å². The number of halogens is 1. The lowest BCUT2D eigenvalue weighted by Crippen LogP contribution is -2.26. The Kier molecular flexibility index (Phi) is 1.65. The van der Waals surface area contributed by atoms with Gasteiger partial charge < -0.3 is 5.11 Å². The van der Waals surface area contributed by atoms with Gasteiger partial charge in [-0.15, -0.1) is 0 Å². The molecule has 1 atom stereocenters. The van der Waals surface area contributed by atoms with Gasteiger partial charge >= 0.3 is 0 Å². The third-order valence-corrected chi connectivity index (χ3v) is 1.90. The molecule has 1 N–H and O–H groups in total. The zero-order valence-electron chi connectivity index (χ0n) is 6.19. The highest BCUT2D eigenvalue weighted by molar-refractivity contribution is 5.28. The Hall–Kier alpha value is -0.630. The summed E-state index contributed by atoms with van der Waals surface area (Å²) < 4.78 is 12.5. The Bertz CT molecular complexity index is 201. The van der Waals surface area contributed by atoms with Crippen molar-refractivity contribution < 1.29 is 9.50 Å². The quantitative estimate of drug-likeness (QED) is 0.548. The zero-order chi connectivity index (χ0) is 7.78. The highest BCUT2D eigenvalue weighted by Crippen LogP contribution is 2.27. The zero-order valence-corrected chi connectivity index (χ0v) is 6.19. The summed E-state index contributed by atoms with van der Waals surface area (Å²) in [4.78, 5) is 0. The summed E-state index contributed by atoms with van der Waals surface area (Å²) >= 11 is 0. The van der Waals surface area contributed by atoms with Gasteiger partial charge in [0.15, 0.2) is 0 Å². The molecule has 0 aromatic carbocycles. The van der Waals surface area contributed by atoms with E-state index in [2.05, 4.69) is 0 Å². The predicted octanol–water partition coefficient (Wildman–Crippen LogP) is 1.94. The van der Waals surface area contributed by atoms with Crippen molar-refractivity contribution in [3.05, 3.63) is 23.6 Å². The van der Waals surface area contributed by atoms with Crippen molar-refractivity contribution in [1.82, 2.24) is 0 Å². The number of allylic oxidation sites excluding steroid dienone is 2. The fraction of sp³-hybridized carbons (Fsp3) is 0.500. The van der Waals surface area contributed by atoms with Gasteiger partial charge in [-0.1, -0.05) is 0 Å². The number of rotatable bonds is 0. The molecule has 1 nitrogen and oxygen atoms in total. The average Bonchev–Trinajstić information content (AvgIpc) is 1.81. The van der Waals surface area contributed by atoms with Crippen molar-refractivity contribution in [2.75, 3.05) is 0 Å². The maximum Gasteiger partial charge on any atom is 0.119 e. The van der Waals surface area contributed by atoms with E-state index >= 15 is 0 Å². The predicted molar refractivity (Wildman–Crippen MR) is 38.2 cm³/mol. The summed E-state index contributed by atoms with van der Waals surface area (Å²) in [6, 6.07) is 0. The number of hydrogen-bond acceptors (Lipinski definition) is 1. The first-order chi connectivity index (χ1) is 4.52. The Labute approximate surface area is 59.9 Å². The van der Waals surface area contributed by atoms with Crippen molar-refractivity contribution in [2.45, 2.75) is 25.9 Å². The van der Waals surface area contributed by atoms with Crippen LogP contribution in [0.2, 0.25) is 0 Å². The van der Waals surface area contributed by atoms with Crippen molar-refractivity contribution in [3.8, 4) is 0 Å². The second kappa shape index (κ2) is 2.20. The lowest BCUT2D eigenvalue weighted by Gasteiger charge is -2.25. The molecule has 0 bridgehead atoms. The van der Waals surface area contributed by atoms with E-state index < -0.39 is 5.60 Å². The van der Waals surface area contributed by atoms with Crippen molar-refractivity contribution >= 4 is 0 Å². The molecule has 56 valence electrons. The molecule has 0 amide bonds. The molecule has 0 aromatic rings. The third-order valence-electron chi connectivity index (χ3n) is 1.90.